The molecule has 0 aromatic heterocycles. The van der Waals surface area contributed by atoms with E-state index in [4.69, 9.17) is 0 Å². The molecule has 0 bridgehead atoms. The van der Waals surface area contributed by atoms with E-state index in [-0.39, 0.29) is 0 Å². The summed E-state index contributed by atoms with van der Waals surface area (Å²) in [5, 5.41) is 0. The van der Waals surface area contributed by atoms with Crippen molar-refractivity contribution in [3.05, 3.63) is 29.3 Å². The smallest absolute Gasteiger partial charge is 0.465 e. The van der Waals surface area contributed by atoms with E-state index in [2.05, 4.69) is 9.47 Å². The van der Waals surface area contributed by atoms with Crippen LogP contribution in [-0.4, -0.2) is 19.4 Å². The Kier molecular flexibility index (Phi) is 4.10. The molecular weight excluding hydrogens is 263 g/mol. The molecule has 0 unspecified atom stereocenters. The maximum atomic E-state index is 12.7. The fraction of sp³-hybridized carbons (Fsp3) is 0.300. The van der Waals surface area contributed by atoms with Gasteiger partial charge in [-0.05, 0) is 12.1 Å². The van der Waals surface area contributed by atoms with Gasteiger partial charge in [-0.2, -0.15) is 0 Å². The lowest BCUT2D eigenvalue weighted by Gasteiger charge is -2.15. The van der Waals surface area contributed by atoms with Crippen molar-refractivity contribution in [1.82, 2.24) is 0 Å². The molecule has 0 aliphatic rings. The number of methoxy groups -OCH3 is 1. The Morgan fingerprint density at radius 2 is 1.89 bits per heavy atom. The minimum absolute atomic E-state index is 0.672. The second-order valence-electron chi connectivity index (χ2n) is 3.06. The molecule has 3 nitrogen and oxygen atoms in total. The first-order valence-corrected chi connectivity index (χ1v) is 4.51. The molecule has 0 atom stereocenters. The van der Waals surface area contributed by atoms with Crippen LogP contribution >= 0.6 is 0 Å². The normalized spacial score (nSPS) is 11.5. The molecule has 0 heterocycles. The summed E-state index contributed by atoms with van der Waals surface area (Å²) in [6, 6.07) is 2.61. The molecule has 0 radical (unpaired) electrons. The van der Waals surface area contributed by atoms with Gasteiger partial charge in [-0.15, -0.1) is 13.2 Å². The minimum atomic E-state index is -5.13. The van der Waals surface area contributed by atoms with Crippen LogP contribution in [0.5, 0.6) is 5.75 Å². The van der Waals surface area contributed by atoms with Gasteiger partial charge >= 0.3 is 12.3 Å². The fourth-order valence-corrected chi connectivity index (χ4v) is 1.27. The maximum absolute atomic E-state index is 12.7. The second kappa shape index (κ2) is 5.19. The third-order valence-corrected chi connectivity index (χ3v) is 1.92. The molecule has 0 aliphatic carbocycles. The molecule has 0 spiro atoms. The van der Waals surface area contributed by atoms with Crippen LogP contribution < -0.4 is 4.74 Å². The fourth-order valence-electron chi connectivity index (χ4n) is 1.27. The van der Waals surface area contributed by atoms with Gasteiger partial charge < -0.3 is 9.47 Å². The van der Waals surface area contributed by atoms with Crippen molar-refractivity contribution in [3.8, 4) is 5.75 Å². The minimum Gasteiger partial charge on any atom is -0.465 e. The Balaban J connectivity index is 3.30. The van der Waals surface area contributed by atoms with E-state index >= 15 is 0 Å². The molecule has 1 aromatic carbocycles. The quantitative estimate of drug-likeness (QED) is 0.624. The van der Waals surface area contributed by atoms with Crippen molar-refractivity contribution in [3.63, 3.8) is 0 Å². The third kappa shape index (κ3) is 3.31. The predicted molar refractivity (Wildman–Crippen MR) is 49.4 cm³/mol. The molecule has 0 amide bonds. The second-order valence-corrected chi connectivity index (χ2v) is 3.06. The van der Waals surface area contributed by atoms with Crippen LogP contribution in [-0.2, 0) is 4.74 Å². The van der Waals surface area contributed by atoms with Crippen LogP contribution in [0.2, 0.25) is 0 Å². The lowest BCUT2D eigenvalue weighted by Crippen LogP contribution is -2.19. The summed E-state index contributed by atoms with van der Waals surface area (Å²) in [4.78, 5) is 11.2. The Morgan fingerprint density at radius 1 is 1.28 bits per heavy atom. The van der Waals surface area contributed by atoms with E-state index < -0.39 is 35.6 Å². The maximum Gasteiger partial charge on any atom is 0.573 e. The molecule has 1 aromatic rings. The van der Waals surface area contributed by atoms with Gasteiger partial charge in [-0.1, -0.05) is 6.07 Å². The number of alkyl halides is 5. The van der Waals surface area contributed by atoms with Crippen molar-refractivity contribution in [2.24, 2.45) is 0 Å². The predicted octanol–water partition coefficient (Wildman–Crippen LogP) is 3.31. The number of rotatable bonds is 3. The topological polar surface area (TPSA) is 35.5 Å². The number of benzene rings is 1. The molecule has 8 heteroatoms. The highest BCUT2D eigenvalue weighted by atomic mass is 19.4. The molecular formula is C10H7F5O3. The number of esters is 1. The molecule has 100 valence electrons. The molecule has 1 rings (SSSR count). The zero-order valence-corrected chi connectivity index (χ0v) is 8.92. The van der Waals surface area contributed by atoms with E-state index in [1.165, 1.54) is 0 Å². The van der Waals surface area contributed by atoms with Crippen molar-refractivity contribution in [1.29, 1.82) is 0 Å². The van der Waals surface area contributed by atoms with Crippen LogP contribution in [0.3, 0.4) is 0 Å². The van der Waals surface area contributed by atoms with Crippen LogP contribution in [0.4, 0.5) is 22.0 Å². The summed E-state index contributed by atoms with van der Waals surface area (Å²) in [6.45, 7) is 0. The Morgan fingerprint density at radius 3 is 2.33 bits per heavy atom. The van der Waals surface area contributed by atoms with Gasteiger partial charge in [0.2, 0.25) is 0 Å². The van der Waals surface area contributed by atoms with E-state index in [1.807, 2.05) is 0 Å². The first-order chi connectivity index (χ1) is 8.26. The van der Waals surface area contributed by atoms with Crippen molar-refractivity contribution < 1.29 is 36.2 Å². The number of carbonyl (C=O) groups excluding carboxylic acids is 1. The third-order valence-electron chi connectivity index (χ3n) is 1.92. The van der Waals surface area contributed by atoms with Crippen LogP contribution in [0, 0.1) is 0 Å². The molecule has 0 aliphatic heterocycles. The van der Waals surface area contributed by atoms with Gasteiger partial charge in [-0.25, -0.2) is 13.6 Å². The number of carbonyl (C=O) groups is 1. The average Bonchev–Trinajstić information content (AvgIpc) is 2.25. The summed E-state index contributed by atoms with van der Waals surface area (Å²) in [5.41, 5.74) is -1.82. The summed E-state index contributed by atoms with van der Waals surface area (Å²) < 4.78 is 69.1. The number of ether oxygens (including phenoxy) is 2. The standard InChI is InChI=1S/C10H7F5O3/c1-17-9(16)5-3-2-4-6(7(5)8(11)12)18-10(13,14)15/h2-4,8H,1H3. The molecule has 0 fully saturated rings. The van der Waals surface area contributed by atoms with Gasteiger partial charge in [0.15, 0.2) is 0 Å². The highest BCUT2D eigenvalue weighted by Crippen LogP contribution is 2.35. The lowest BCUT2D eigenvalue weighted by molar-refractivity contribution is -0.275. The molecule has 0 saturated carbocycles. The molecule has 0 N–H and O–H groups in total. The van der Waals surface area contributed by atoms with E-state index in [1.54, 1.807) is 0 Å². The zero-order valence-electron chi connectivity index (χ0n) is 8.92. The largest absolute Gasteiger partial charge is 0.573 e. The Bertz CT molecular complexity index is 442. The van der Waals surface area contributed by atoms with Crippen molar-refractivity contribution in [2.45, 2.75) is 12.8 Å². The number of hydrogen-bond donors (Lipinski definition) is 0. The first kappa shape index (κ1) is 14.2. The van der Waals surface area contributed by atoms with Crippen molar-refractivity contribution >= 4 is 5.97 Å². The zero-order chi connectivity index (χ0) is 13.9. The van der Waals surface area contributed by atoms with Crippen LogP contribution in [0.25, 0.3) is 0 Å². The van der Waals surface area contributed by atoms with Gasteiger partial charge in [0, 0.05) is 0 Å². The Labute approximate surface area is 98.1 Å². The molecule has 0 saturated heterocycles. The monoisotopic (exact) mass is 270 g/mol. The van der Waals surface area contributed by atoms with Crippen LogP contribution in [0.15, 0.2) is 18.2 Å². The van der Waals surface area contributed by atoms with E-state index in [0.29, 0.717) is 6.07 Å². The highest BCUT2D eigenvalue weighted by molar-refractivity contribution is 5.91. The summed E-state index contributed by atoms with van der Waals surface area (Å²) in [6.07, 6.45) is -8.43. The molecule has 18 heavy (non-hydrogen) atoms. The van der Waals surface area contributed by atoms with Crippen LogP contribution in [0.1, 0.15) is 22.3 Å². The lowest BCUT2D eigenvalue weighted by atomic mass is 10.1. The summed E-state index contributed by atoms with van der Waals surface area (Å²) in [5.74, 6) is -2.29. The number of halogens is 5. The van der Waals surface area contributed by atoms with Gasteiger partial charge in [0.05, 0.1) is 18.2 Å². The highest BCUT2D eigenvalue weighted by Gasteiger charge is 2.34. The Hall–Kier alpha value is -1.86. The van der Waals surface area contributed by atoms with Gasteiger partial charge in [0.25, 0.3) is 6.43 Å². The first-order valence-electron chi connectivity index (χ1n) is 4.51. The van der Waals surface area contributed by atoms with Crippen molar-refractivity contribution in [2.75, 3.05) is 7.11 Å². The summed E-state index contributed by atoms with van der Waals surface area (Å²) in [7, 11) is 0.925. The van der Waals surface area contributed by atoms with E-state index in [0.717, 1.165) is 19.2 Å². The summed E-state index contributed by atoms with van der Waals surface area (Å²) >= 11 is 0. The van der Waals surface area contributed by atoms with E-state index in [9.17, 15) is 26.7 Å². The van der Waals surface area contributed by atoms with Gasteiger partial charge in [0.1, 0.15) is 5.75 Å². The average molecular weight is 270 g/mol. The number of hydrogen-bond acceptors (Lipinski definition) is 3. The van der Waals surface area contributed by atoms with Gasteiger partial charge in [-0.3, -0.25) is 0 Å². The SMILES string of the molecule is COC(=O)c1cccc(OC(F)(F)F)c1C(F)F.